The van der Waals surface area contributed by atoms with Crippen molar-refractivity contribution in [3.8, 4) is 0 Å². The third kappa shape index (κ3) is 1.90. The van der Waals surface area contributed by atoms with Crippen molar-refractivity contribution in [2.75, 3.05) is 14.1 Å². The summed E-state index contributed by atoms with van der Waals surface area (Å²) in [7, 11) is 4.08. The lowest BCUT2D eigenvalue weighted by Crippen LogP contribution is -2.12. The van der Waals surface area contributed by atoms with E-state index in [9.17, 15) is 0 Å². The van der Waals surface area contributed by atoms with E-state index in [1.165, 1.54) is 5.70 Å². The van der Waals surface area contributed by atoms with Crippen LogP contribution in [0.15, 0.2) is 46.7 Å². The molecule has 2 aromatic rings. The monoisotopic (exact) mass is 241 g/mol. The van der Waals surface area contributed by atoms with Gasteiger partial charge in [0.25, 0.3) is 0 Å². The topological polar surface area (TPSA) is 42.2 Å². The molecule has 2 aromatic heterocycles. The highest BCUT2D eigenvalue weighted by atomic mass is 16.4. The summed E-state index contributed by atoms with van der Waals surface area (Å²) in [6.07, 6.45) is 9.08. The van der Waals surface area contributed by atoms with Gasteiger partial charge in [0, 0.05) is 26.0 Å². The molecule has 3 rings (SSSR count). The van der Waals surface area contributed by atoms with Gasteiger partial charge in [0.2, 0.25) is 11.6 Å². The summed E-state index contributed by atoms with van der Waals surface area (Å²) in [4.78, 5) is 10.7. The van der Waals surface area contributed by atoms with Crippen molar-refractivity contribution in [1.82, 2.24) is 14.9 Å². The summed E-state index contributed by atoms with van der Waals surface area (Å²) in [5, 5.41) is 0. The second-order valence-corrected chi connectivity index (χ2v) is 4.60. The maximum absolute atomic E-state index is 5.69. The highest BCUT2D eigenvalue weighted by Crippen LogP contribution is 2.28. The van der Waals surface area contributed by atoms with Gasteiger partial charge in [0.1, 0.15) is 5.52 Å². The molecule has 0 bridgehead atoms. The molecule has 18 heavy (non-hydrogen) atoms. The van der Waals surface area contributed by atoms with Gasteiger partial charge < -0.3 is 9.32 Å². The van der Waals surface area contributed by atoms with E-state index in [1.807, 2.05) is 26.2 Å². The predicted octanol–water partition coefficient (Wildman–Crippen LogP) is 2.71. The zero-order valence-corrected chi connectivity index (χ0v) is 10.5. The van der Waals surface area contributed by atoms with Crippen molar-refractivity contribution in [1.29, 1.82) is 0 Å². The molecular weight excluding hydrogens is 226 g/mol. The number of aromatic nitrogens is 2. The summed E-state index contributed by atoms with van der Waals surface area (Å²) in [5.41, 5.74) is 2.66. The number of hydrogen-bond acceptors (Lipinski definition) is 4. The standard InChI is InChI=1S/C14H15N3O/c1-17(2)11-7-5-10(6-8-11)13-16-12-4-3-9-15-14(12)18-13/h3-5,7-10H,6H2,1-2H3. The van der Waals surface area contributed by atoms with Gasteiger partial charge in [-0.1, -0.05) is 12.2 Å². The lowest BCUT2D eigenvalue weighted by atomic mass is 9.99. The molecule has 2 heterocycles. The van der Waals surface area contributed by atoms with Gasteiger partial charge in [-0.25, -0.2) is 9.97 Å². The molecule has 0 amide bonds. The second kappa shape index (κ2) is 4.29. The number of nitrogens with zero attached hydrogens (tertiary/aromatic N) is 3. The molecule has 1 atom stereocenters. The van der Waals surface area contributed by atoms with E-state index in [2.05, 4.69) is 33.1 Å². The first kappa shape index (κ1) is 11.0. The maximum Gasteiger partial charge on any atom is 0.246 e. The minimum Gasteiger partial charge on any atom is -0.422 e. The fourth-order valence-electron chi connectivity index (χ4n) is 2.07. The summed E-state index contributed by atoms with van der Waals surface area (Å²) < 4.78 is 5.69. The van der Waals surface area contributed by atoms with Gasteiger partial charge in [-0.15, -0.1) is 0 Å². The summed E-state index contributed by atoms with van der Waals surface area (Å²) >= 11 is 0. The van der Waals surface area contributed by atoms with Gasteiger partial charge in [-0.2, -0.15) is 0 Å². The van der Waals surface area contributed by atoms with Crippen LogP contribution in [0.1, 0.15) is 18.2 Å². The first-order valence-corrected chi connectivity index (χ1v) is 6.01. The Labute approximate surface area is 106 Å². The van der Waals surface area contributed by atoms with Gasteiger partial charge in [0.05, 0.1) is 5.92 Å². The molecule has 0 spiro atoms. The number of rotatable bonds is 2. The minimum absolute atomic E-state index is 0.211. The smallest absolute Gasteiger partial charge is 0.246 e. The molecule has 4 heteroatoms. The van der Waals surface area contributed by atoms with Gasteiger partial charge in [-0.3, -0.25) is 0 Å². The second-order valence-electron chi connectivity index (χ2n) is 4.60. The molecule has 1 aliphatic rings. The van der Waals surface area contributed by atoms with Crippen molar-refractivity contribution < 1.29 is 4.42 Å². The molecular formula is C14H15N3O. The number of oxazole rings is 1. The zero-order valence-electron chi connectivity index (χ0n) is 10.5. The van der Waals surface area contributed by atoms with Crippen molar-refractivity contribution in [2.24, 2.45) is 0 Å². The molecule has 1 aliphatic carbocycles. The molecule has 0 fully saturated rings. The Morgan fingerprint density at radius 2 is 2.28 bits per heavy atom. The van der Waals surface area contributed by atoms with Gasteiger partial charge in [-0.05, 0) is 24.6 Å². The van der Waals surface area contributed by atoms with E-state index >= 15 is 0 Å². The van der Waals surface area contributed by atoms with E-state index in [0.29, 0.717) is 5.71 Å². The Morgan fingerprint density at radius 1 is 1.39 bits per heavy atom. The third-order valence-electron chi connectivity index (χ3n) is 3.10. The lowest BCUT2D eigenvalue weighted by molar-refractivity contribution is 0.485. The van der Waals surface area contributed by atoms with E-state index < -0.39 is 0 Å². The van der Waals surface area contributed by atoms with Crippen LogP contribution in [0.25, 0.3) is 11.2 Å². The number of pyridine rings is 1. The van der Waals surface area contributed by atoms with Crippen molar-refractivity contribution in [3.63, 3.8) is 0 Å². The van der Waals surface area contributed by atoms with Crippen LogP contribution in [0.2, 0.25) is 0 Å². The number of allylic oxidation sites excluding steroid dienone is 3. The fraction of sp³-hybridized carbons (Fsp3) is 0.286. The summed E-state index contributed by atoms with van der Waals surface area (Å²) in [5.74, 6) is 0.955. The molecule has 0 N–H and O–H groups in total. The SMILES string of the molecule is CN(C)C1=CCC(c2nc3cccnc3o2)C=C1. The van der Waals surface area contributed by atoms with Crippen LogP contribution in [0.3, 0.4) is 0 Å². The molecule has 0 radical (unpaired) electrons. The highest BCUT2D eigenvalue weighted by Gasteiger charge is 2.18. The van der Waals surface area contributed by atoms with Crippen LogP contribution in [0.4, 0.5) is 0 Å². The molecule has 0 aliphatic heterocycles. The van der Waals surface area contributed by atoms with Gasteiger partial charge in [0.15, 0.2) is 0 Å². The van der Waals surface area contributed by atoms with Crippen LogP contribution >= 0.6 is 0 Å². The summed E-state index contributed by atoms with van der Waals surface area (Å²) in [6.45, 7) is 0. The lowest BCUT2D eigenvalue weighted by Gasteiger charge is -2.19. The molecule has 1 unspecified atom stereocenters. The van der Waals surface area contributed by atoms with Crippen molar-refractivity contribution >= 4 is 11.2 Å². The van der Waals surface area contributed by atoms with E-state index in [0.717, 1.165) is 17.8 Å². The molecule has 0 saturated heterocycles. The number of hydrogen-bond donors (Lipinski definition) is 0. The highest BCUT2D eigenvalue weighted by molar-refractivity contribution is 5.67. The molecule has 4 nitrogen and oxygen atoms in total. The Kier molecular flexibility index (Phi) is 2.63. The van der Waals surface area contributed by atoms with E-state index in [1.54, 1.807) is 6.20 Å². The third-order valence-corrected chi connectivity index (χ3v) is 3.10. The molecule has 92 valence electrons. The first-order valence-electron chi connectivity index (χ1n) is 6.01. The average molecular weight is 241 g/mol. The van der Waals surface area contributed by atoms with Crippen LogP contribution < -0.4 is 0 Å². The quantitative estimate of drug-likeness (QED) is 0.810. The van der Waals surface area contributed by atoms with Gasteiger partial charge >= 0.3 is 0 Å². The zero-order chi connectivity index (χ0) is 12.5. The summed E-state index contributed by atoms with van der Waals surface area (Å²) in [6, 6.07) is 3.79. The number of likely N-dealkylation sites (N-methyl/N-ethyl adjacent to an activating group) is 1. The molecule has 0 saturated carbocycles. The Bertz CT molecular complexity index is 592. The van der Waals surface area contributed by atoms with E-state index in [-0.39, 0.29) is 5.92 Å². The average Bonchev–Trinajstić information content (AvgIpc) is 2.82. The Balaban J connectivity index is 1.87. The minimum atomic E-state index is 0.211. The van der Waals surface area contributed by atoms with Crippen LogP contribution in [0.5, 0.6) is 0 Å². The Morgan fingerprint density at radius 3 is 2.94 bits per heavy atom. The van der Waals surface area contributed by atoms with Crippen LogP contribution in [-0.2, 0) is 0 Å². The predicted molar refractivity (Wildman–Crippen MR) is 70.1 cm³/mol. The van der Waals surface area contributed by atoms with Crippen LogP contribution in [-0.4, -0.2) is 29.0 Å². The molecule has 0 aromatic carbocycles. The van der Waals surface area contributed by atoms with Crippen molar-refractivity contribution in [3.05, 3.63) is 48.1 Å². The van der Waals surface area contributed by atoms with Crippen LogP contribution in [0, 0.1) is 0 Å². The normalized spacial score (nSPS) is 19.0. The number of fused-ring (bicyclic) bond motifs is 1. The maximum atomic E-state index is 5.69. The Hall–Kier alpha value is -2.10. The first-order chi connectivity index (χ1) is 8.74. The van der Waals surface area contributed by atoms with E-state index in [4.69, 9.17) is 4.42 Å². The van der Waals surface area contributed by atoms with Crippen molar-refractivity contribution in [2.45, 2.75) is 12.3 Å². The fourth-order valence-corrected chi connectivity index (χ4v) is 2.07. The largest absolute Gasteiger partial charge is 0.422 e.